The van der Waals surface area contributed by atoms with E-state index in [0.29, 0.717) is 11.2 Å². The number of nitrogens with zero attached hydrogens (tertiary/aromatic N) is 4. The fourth-order valence-electron chi connectivity index (χ4n) is 4.49. The third kappa shape index (κ3) is 2.16. The summed E-state index contributed by atoms with van der Waals surface area (Å²) in [6, 6.07) is 21.6. The molecular weight excluding hydrogens is 403 g/mol. The van der Waals surface area contributed by atoms with E-state index < -0.39 is 0 Å². The van der Waals surface area contributed by atoms with Gasteiger partial charge in [0, 0.05) is 27.7 Å². The van der Waals surface area contributed by atoms with Crippen LogP contribution in [-0.4, -0.2) is 31.9 Å². The first-order valence-electron chi connectivity index (χ1n) is 9.87. The summed E-state index contributed by atoms with van der Waals surface area (Å²) < 4.78 is 6.38. The van der Waals surface area contributed by atoms with Crippen molar-refractivity contribution in [2.24, 2.45) is 0 Å². The van der Waals surface area contributed by atoms with Gasteiger partial charge < -0.3 is 5.11 Å². The number of rotatable bonds is 1. The van der Waals surface area contributed by atoms with Crippen molar-refractivity contribution in [3.8, 4) is 11.6 Å². The number of aromatic nitrogens is 4. The molecule has 1 N–H and O–H groups in total. The first kappa shape index (κ1) is 16.9. The number of thiophene rings is 1. The van der Waals surface area contributed by atoms with E-state index in [4.69, 9.17) is 17.8 Å². The van der Waals surface area contributed by atoms with E-state index in [1.807, 2.05) is 35.0 Å². The molecule has 0 aliphatic carbocycles. The van der Waals surface area contributed by atoms with Crippen molar-refractivity contribution in [2.45, 2.75) is 0 Å². The number of hydrogen-bond acceptors (Lipinski definition) is 4. The highest BCUT2D eigenvalue weighted by Gasteiger charge is 2.21. The zero-order valence-electron chi connectivity index (χ0n) is 16.1. The molecule has 3 aromatic carbocycles. The molecule has 0 atom stereocenters. The largest absolute Gasteiger partial charge is 0.508 e. The summed E-state index contributed by atoms with van der Waals surface area (Å²) >= 11 is 1.71. The van der Waals surface area contributed by atoms with Crippen molar-refractivity contribution in [1.82, 2.24) is 18.9 Å². The second-order valence-electron chi connectivity index (χ2n) is 7.58. The van der Waals surface area contributed by atoms with Gasteiger partial charge in [0.1, 0.15) is 13.6 Å². The van der Waals surface area contributed by atoms with Crippen molar-refractivity contribution in [3.63, 3.8) is 0 Å². The average Bonchev–Trinajstić information content (AvgIpc) is 3.43. The van der Waals surface area contributed by atoms with Crippen molar-refractivity contribution in [1.29, 1.82) is 0 Å². The molecule has 0 bridgehead atoms. The van der Waals surface area contributed by atoms with Crippen LogP contribution in [0.3, 0.4) is 0 Å². The van der Waals surface area contributed by atoms with Gasteiger partial charge in [-0.1, -0.05) is 35.8 Å². The Kier molecular flexibility index (Phi) is 3.20. The van der Waals surface area contributed by atoms with Crippen LogP contribution in [0.15, 0.2) is 72.9 Å². The molecule has 31 heavy (non-hydrogen) atoms. The standard InChI is InChI=1S/C24H13BN4OS/c25-16-5-3-6-18-21(16)27-24-28(18)17-9-8-13(30)12-19(17)29(24)23-22-15(10-11-26-23)14-4-1-2-7-20(14)31-22/h1-12,30H. The minimum absolute atomic E-state index is 0.196. The van der Waals surface area contributed by atoms with Gasteiger partial charge in [-0.15, -0.1) is 11.3 Å². The van der Waals surface area contributed by atoms with Gasteiger partial charge in [0.2, 0.25) is 5.78 Å². The third-order valence-electron chi connectivity index (χ3n) is 5.83. The molecule has 4 aromatic heterocycles. The highest BCUT2D eigenvalue weighted by molar-refractivity contribution is 7.26. The normalized spacial score (nSPS) is 12.1. The number of fused-ring (bicyclic) bond motifs is 8. The number of phenols is 1. The number of imidazole rings is 2. The molecule has 0 unspecified atom stereocenters. The number of pyridine rings is 1. The lowest BCUT2D eigenvalue weighted by molar-refractivity contribution is 0.476. The Hall–Kier alpha value is -3.84. The van der Waals surface area contributed by atoms with Crippen molar-refractivity contribution >= 4 is 72.7 Å². The SMILES string of the molecule is [B]c1cccc2c1nc1n(-c3nccc4c3sc3ccccc34)c3cc(O)ccc3n21. The van der Waals surface area contributed by atoms with Crippen molar-refractivity contribution in [2.75, 3.05) is 0 Å². The molecule has 2 radical (unpaired) electrons. The molecule has 0 saturated heterocycles. The van der Waals surface area contributed by atoms with Gasteiger partial charge in [-0.3, -0.25) is 8.97 Å². The molecule has 0 aliphatic rings. The predicted octanol–water partition coefficient (Wildman–Crippen LogP) is 4.69. The lowest BCUT2D eigenvalue weighted by Gasteiger charge is -2.06. The number of phenolic OH excluding ortho intramolecular Hbond substituents is 1. The summed E-state index contributed by atoms with van der Waals surface area (Å²) in [6.07, 6.45) is 1.83. The molecule has 5 nitrogen and oxygen atoms in total. The Labute approximate surface area is 181 Å². The molecular formula is C24H13BN4OS. The maximum atomic E-state index is 10.3. The van der Waals surface area contributed by atoms with E-state index in [1.165, 1.54) is 10.1 Å². The van der Waals surface area contributed by atoms with E-state index in [-0.39, 0.29) is 5.75 Å². The van der Waals surface area contributed by atoms with Gasteiger partial charge in [-0.05, 0) is 30.3 Å². The maximum absolute atomic E-state index is 10.3. The molecule has 4 heterocycles. The number of para-hydroxylation sites is 1. The van der Waals surface area contributed by atoms with Crippen LogP contribution in [0.4, 0.5) is 0 Å². The second-order valence-corrected chi connectivity index (χ2v) is 8.63. The van der Waals surface area contributed by atoms with Crippen LogP contribution in [0.5, 0.6) is 5.75 Å². The van der Waals surface area contributed by atoms with Crippen LogP contribution in [0, 0.1) is 0 Å². The van der Waals surface area contributed by atoms with Crippen molar-refractivity contribution < 1.29 is 5.11 Å². The van der Waals surface area contributed by atoms with Crippen LogP contribution in [0.2, 0.25) is 0 Å². The Morgan fingerprint density at radius 2 is 1.77 bits per heavy atom. The predicted molar refractivity (Wildman–Crippen MR) is 127 cm³/mol. The Balaban J connectivity index is 1.72. The Morgan fingerprint density at radius 1 is 0.871 bits per heavy atom. The lowest BCUT2D eigenvalue weighted by atomic mass is 9.95. The first-order chi connectivity index (χ1) is 15.2. The van der Waals surface area contributed by atoms with Gasteiger partial charge in [-0.25, -0.2) is 9.97 Å². The topological polar surface area (TPSA) is 55.3 Å². The summed E-state index contributed by atoms with van der Waals surface area (Å²) in [5, 5.41) is 12.6. The average molecular weight is 416 g/mol. The molecule has 0 aliphatic heterocycles. The molecule has 7 aromatic rings. The minimum atomic E-state index is 0.196. The molecule has 7 rings (SSSR count). The van der Waals surface area contributed by atoms with Gasteiger partial charge in [-0.2, -0.15) is 0 Å². The molecule has 144 valence electrons. The van der Waals surface area contributed by atoms with Gasteiger partial charge in [0.05, 0.1) is 26.8 Å². The van der Waals surface area contributed by atoms with Crippen LogP contribution >= 0.6 is 11.3 Å². The van der Waals surface area contributed by atoms with Gasteiger partial charge >= 0.3 is 0 Å². The maximum Gasteiger partial charge on any atom is 0.221 e. The zero-order chi connectivity index (χ0) is 20.7. The summed E-state index contributed by atoms with van der Waals surface area (Å²) in [7, 11) is 6.24. The van der Waals surface area contributed by atoms with Crippen LogP contribution in [-0.2, 0) is 0 Å². The smallest absolute Gasteiger partial charge is 0.221 e. The Bertz CT molecular complexity index is 1830. The zero-order valence-corrected chi connectivity index (χ0v) is 17.0. The summed E-state index contributed by atoms with van der Waals surface area (Å²) in [4.78, 5) is 9.68. The van der Waals surface area contributed by atoms with E-state index in [9.17, 15) is 5.11 Å². The number of benzene rings is 3. The van der Waals surface area contributed by atoms with Gasteiger partial charge in [0.25, 0.3) is 0 Å². The fraction of sp³-hybridized carbons (Fsp3) is 0. The molecule has 0 spiro atoms. The van der Waals surface area contributed by atoms with Crippen molar-refractivity contribution in [3.05, 3.63) is 72.9 Å². The van der Waals surface area contributed by atoms with E-state index >= 15 is 0 Å². The monoisotopic (exact) mass is 416 g/mol. The van der Waals surface area contributed by atoms with E-state index in [1.54, 1.807) is 23.5 Å². The Morgan fingerprint density at radius 3 is 2.71 bits per heavy atom. The van der Waals surface area contributed by atoms with E-state index in [0.717, 1.165) is 38.0 Å². The van der Waals surface area contributed by atoms with Crippen LogP contribution < -0.4 is 5.46 Å². The molecule has 7 heteroatoms. The highest BCUT2D eigenvalue weighted by atomic mass is 32.1. The van der Waals surface area contributed by atoms with Crippen LogP contribution in [0.1, 0.15) is 0 Å². The number of aromatic hydroxyl groups is 1. The first-order valence-corrected chi connectivity index (χ1v) is 10.7. The van der Waals surface area contributed by atoms with Crippen LogP contribution in [0.25, 0.3) is 53.8 Å². The minimum Gasteiger partial charge on any atom is -0.508 e. The fourth-order valence-corrected chi connectivity index (χ4v) is 5.67. The quantitative estimate of drug-likeness (QED) is 0.395. The highest BCUT2D eigenvalue weighted by Crippen LogP contribution is 2.38. The third-order valence-corrected chi connectivity index (χ3v) is 7.01. The lowest BCUT2D eigenvalue weighted by Crippen LogP contribution is -2.03. The van der Waals surface area contributed by atoms with E-state index in [2.05, 4.69) is 34.7 Å². The summed E-state index contributed by atoms with van der Waals surface area (Å²) in [5.74, 6) is 1.70. The molecule has 0 fully saturated rings. The molecule has 0 saturated carbocycles. The number of hydrogen-bond donors (Lipinski definition) is 1. The second kappa shape index (κ2) is 5.86. The summed E-state index contributed by atoms with van der Waals surface area (Å²) in [6.45, 7) is 0. The summed E-state index contributed by atoms with van der Waals surface area (Å²) in [5.41, 5.74) is 4.08. The molecule has 0 amide bonds. The van der Waals surface area contributed by atoms with Gasteiger partial charge in [0.15, 0.2) is 5.82 Å².